The molecule has 0 atom stereocenters. The fourth-order valence-electron chi connectivity index (χ4n) is 2.82. The minimum atomic E-state index is -3.77. The van der Waals surface area contributed by atoms with Crippen molar-refractivity contribution in [2.75, 3.05) is 10.6 Å². The molecule has 1 aliphatic heterocycles. The molecule has 3 N–H and O–H groups in total. The van der Waals surface area contributed by atoms with Gasteiger partial charge in [0.15, 0.2) is 10.7 Å². The number of rotatable bonds is 1. The molecule has 0 bridgehead atoms. The van der Waals surface area contributed by atoms with Crippen LogP contribution >= 0.6 is 11.6 Å². The maximum atomic E-state index is 12.9. The number of nitrogen functional groups attached to an aromatic ring is 1. The maximum Gasteiger partial charge on any atom is 0.216 e. The molecule has 24 heavy (non-hydrogen) atoms. The van der Waals surface area contributed by atoms with Crippen LogP contribution < -0.4 is 10.6 Å². The first-order valence-electron chi connectivity index (χ1n) is 7.15. The lowest BCUT2D eigenvalue weighted by atomic mass is 10.2. The molecule has 3 aromatic rings. The topological polar surface area (TPSA) is 92.1 Å². The van der Waals surface area contributed by atoms with E-state index in [1.807, 2.05) is 31.2 Å². The van der Waals surface area contributed by atoms with Crippen LogP contribution in [0, 0.1) is 6.92 Å². The average molecular weight is 361 g/mol. The third-order valence-electron chi connectivity index (χ3n) is 3.95. The molecule has 4 rings (SSSR count). The Hall–Kier alpha value is -2.51. The van der Waals surface area contributed by atoms with Gasteiger partial charge in [0.1, 0.15) is 5.82 Å². The molecule has 1 aliphatic rings. The van der Waals surface area contributed by atoms with E-state index in [-0.39, 0.29) is 21.4 Å². The number of aromatic amines is 1. The standard InChI is InChI=1S/C16H13ClN4O2S/c1-9-2-5-11(6-3-9)21-12-8-10(17)4-7-13(12)24(22,23)14-15(18)19-20-16(14)21/h2-8H,1H3,(H3,18,19,20). The number of nitrogens with zero attached hydrogens (tertiary/aromatic N) is 2. The quantitative estimate of drug-likeness (QED) is 0.541. The Morgan fingerprint density at radius 3 is 2.58 bits per heavy atom. The van der Waals surface area contributed by atoms with E-state index in [0.29, 0.717) is 10.7 Å². The summed E-state index contributed by atoms with van der Waals surface area (Å²) in [6.45, 7) is 1.98. The van der Waals surface area contributed by atoms with Gasteiger partial charge in [-0.2, -0.15) is 5.10 Å². The lowest BCUT2D eigenvalue weighted by Crippen LogP contribution is -2.22. The van der Waals surface area contributed by atoms with E-state index in [4.69, 9.17) is 17.3 Å². The third-order valence-corrected chi connectivity index (χ3v) is 6.05. The van der Waals surface area contributed by atoms with Crippen LogP contribution in [-0.4, -0.2) is 18.6 Å². The van der Waals surface area contributed by atoms with Gasteiger partial charge in [-0.15, -0.1) is 0 Å². The summed E-state index contributed by atoms with van der Waals surface area (Å²) in [5.41, 5.74) is 8.15. The number of benzene rings is 2. The van der Waals surface area contributed by atoms with Crippen molar-refractivity contribution >= 4 is 44.4 Å². The molecular weight excluding hydrogens is 348 g/mol. The van der Waals surface area contributed by atoms with Crippen LogP contribution in [0.1, 0.15) is 5.56 Å². The molecule has 0 unspecified atom stereocenters. The summed E-state index contributed by atoms with van der Waals surface area (Å²) in [4.78, 5) is 1.87. The summed E-state index contributed by atoms with van der Waals surface area (Å²) in [5, 5.41) is 7.12. The Labute approximate surface area is 143 Å². The molecule has 0 saturated carbocycles. The van der Waals surface area contributed by atoms with Crippen LogP contribution in [0.25, 0.3) is 0 Å². The Morgan fingerprint density at radius 2 is 1.88 bits per heavy atom. The molecule has 6 nitrogen and oxygen atoms in total. The normalized spacial score (nSPS) is 15.0. The van der Waals surface area contributed by atoms with Gasteiger partial charge in [0.2, 0.25) is 9.84 Å². The van der Waals surface area contributed by atoms with Gasteiger partial charge >= 0.3 is 0 Å². The van der Waals surface area contributed by atoms with Crippen LogP contribution in [0.3, 0.4) is 0 Å². The number of sulfone groups is 1. The van der Waals surface area contributed by atoms with Gasteiger partial charge in [0.25, 0.3) is 0 Å². The van der Waals surface area contributed by atoms with Crippen molar-refractivity contribution in [2.45, 2.75) is 16.7 Å². The van der Waals surface area contributed by atoms with Crippen molar-refractivity contribution in [3.8, 4) is 0 Å². The highest BCUT2D eigenvalue weighted by Gasteiger charge is 2.39. The number of aromatic nitrogens is 2. The number of nitrogens with two attached hydrogens (primary N) is 1. The molecule has 2 heterocycles. The first-order valence-corrected chi connectivity index (χ1v) is 9.01. The fourth-order valence-corrected chi connectivity index (χ4v) is 4.59. The number of aryl methyl sites for hydroxylation is 1. The lowest BCUT2D eigenvalue weighted by Gasteiger charge is -2.30. The fraction of sp³-hybridized carbons (Fsp3) is 0.0625. The Bertz CT molecular complexity index is 1060. The van der Waals surface area contributed by atoms with E-state index in [0.717, 1.165) is 11.3 Å². The van der Waals surface area contributed by atoms with E-state index in [9.17, 15) is 8.42 Å². The van der Waals surface area contributed by atoms with E-state index < -0.39 is 9.84 Å². The molecule has 122 valence electrons. The Balaban J connectivity index is 2.08. The van der Waals surface area contributed by atoms with E-state index in [2.05, 4.69) is 10.2 Å². The predicted molar refractivity (Wildman–Crippen MR) is 92.9 cm³/mol. The zero-order valence-corrected chi connectivity index (χ0v) is 14.2. The number of hydrogen-bond donors (Lipinski definition) is 2. The predicted octanol–water partition coefficient (Wildman–Crippen LogP) is 3.57. The highest BCUT2D eigenvalue weighted by molar-refractivity contribution is 7.92. The zero-order chi connectivity index (χ0) is 17.1. The second-order valence-corrected chi connectivity index (χ2v) is 7.87. The molecule has 0 radical (unpaired) electrons. The van der Waals surface area contributed by atoms with Crippen LogP contribution in [0.2, 0.25) is 5.02 Å². The van der Waals surface area contributed by atoms with Crippen molar-refractivity contribution in [3.05, 3.63) is 53.1 Å². The van der Waals surface area contributed by atoms with Gasteiger partial charge in [0.05, 0.1) is 10.6 Å². The van der Waals surface area contributed by atoms with Crippen LogP contribution in [0.4, 0.5) is 23.0 Å². The Kier molecular flexibility index (Phi) is 3.13. The summed E-state index contributed by atoms with van der Waals surface area (Å²) in [6, 6.07) is 12.3. The highest BCUT2D eigenvalue weighted by atomic mass is 35.5. The SMILES string of the molecule is Cc1ccc(N2c3cc(Cl)ccc3S(=O)(=O)c3c2n[nH]c3N)cc1. The average Bonchev–Trinajstić information content (AvgIpc) is 2.91. The first kappa shape index (κ1) is 15.0. The number of nitrogens with one attached hydrogen (secondary N) is 1. The third kappa shape index (κ3) is 2.02. The van der Waals surface area contributed by atoms with Crippen molar-refractivity contribution in [3.63, 3.8) is 0 Å². The maximum absolute atomic E-state index is 12.9. The van der Waals surface area contributed by atoms with Gasteiger partial charge in [0, 0.05) is 10.7 Å². The van der Waals surface area contributed by atoms with Crippen molar-refractivity contribution in [2.24, 2.45) is 0 Å². The molecule has 0 fully saturated rings. The second kappa shape index (κ2) is 4.99. The number of H-pyrrole nitrogens is 1. The molecular formula is C16H13ClN4O2S. The van der Waals surface area contributed by atoms with Crippen molar-refractivity contribution in [1.29, 1.82) is 0 Å². The van der Waals surface area contributed by atoms with Gasteiger partial charge in [-0.1, -0.05) is 29.3 Å². The van der Waals surface area contributed by atoms with E-state index in [1.54, 1.807) is 17.0 Å². The number of hydrogen-bond acceptors (Lipinski definition) is 5. The lowest BCUT2D eigenvalue weighted by molar-refractivity contribution is 0.595. The number of anilines is 4. The smallest absolute Gasteiger partial charge is 0.216 e. The van der Waals surface area contributed by atoms with E-state index >= 15 is 0 Å². The molecule has 0 spiro atoms. The van der Waals surface area contributed by atoms with Gasteiger partial charge in [-0.05, 0) is 37.3 Å². The summed E-state index contributed by atoms with van der Waals surface area (Å²) < 4.78 is 25.8. The van der Waals surface area contributed by atoms with Crippen LogP contribution in [-0.2, 0) is 9.84 Å². The molecule has 0 saturated heterocycles. The Morgan fingerprint density at radius 1 is 1.17 bits per heavy atom. The van der Waals surface area contributed by atoms with Gasteiger partial charge in [-0.25, -0.2) is 8.42 Å². The van der Waals surface area contributed by atoms with Gasteiger partial charge < -0.3 is 5.73 Å². The molecule has 0 aliphatic carbocycles. The molecule has 2 aromatic carbocycles. The minimum Gasteiger partial charge on any atom is -0.383 e. The zero-order valence-electron chi connectivity index (χ0n) is 12.6. The summed E-state index contributed by atoms with van der Waals surface area (Å²) >= 11 is 6.11. The molecule has 8 heteroatoms. The summed E-state index contributed by atoms with van der Waals surface area (Å²) in [6.07, 6.45) is 0. The van der Waals surface area contributed by atoms with Crippen molar-refractivity contribution in [1.82, 2.24) is 10.2 Å². The number of fused-ring (bicyclic) bond motifs is 2. The largest absolute Gasteiger partial charge is 0.383 e. The molecule has 1 aromatic heterocycles. The summed E-state index contributed by atoms with van der Waals surface area (Å²) in [5.74, 6) is 0.258. The van der Waals surface area contributed by atoms with Crippen molar-refractivity contribution < 1.29 is 8.42 Å². The van der Waals surface area contributed by atoms with Crippen LogP contribution in [0.5, 0.6) is 0 Å². The minimum absolute atomic E-state index is 0.0158. The number of halogens is 1. The molecule has 0 amide bonds. The van der Waals surface area contributed by atoms with Crippen LogP contribution in [0.15, 0.2) is 52.3 Å². The van der Waals surface area contributed by atoms with E-state index in [1.165, 1.54) is 6.07 Å². The second-order valence-electron chi connectivity index (χ2n) is 5.58. The first-order chi connectivity index (χ1) is 11.4. The monoisotopic (exact) mass is 360 g/mol. The highest BCUT2D eigenvalue weighted by Crippen LogP contribution is 2.49. The van der Waals surface area contributed by atoms with Gasteiger partial charge in [-0.3, -0.25) is 10.00 Å². The summed E-state index contributed by atoms with van der Waals surface area (Å²) in [7, 11) is -3.77.